The van der Waals surface area contributed by atoms with Crippen molar-refractivity contribution in [3.8, 4) is 0 Å². The molecule has 0 aliphatic heterocycles. The van der Waals surface area contributed by atoms with E-state index in [9.17, 15) is 0 Å². The Morgan fingerprint density at radius 3 is 1.04 bits per heavy atom. The van der Waals surface area contributed by atoms with Crippen LogP contribution in [0.2, 0.25) is 0 Å². The molecule has 4 aromatic heterocycles. The average Bonchev–Trinajstić information content (AvgIpc) is 3.46. The Kier molecular flexibility index (Phi) is 4.90. The van der Waals surface area contributed by atoms with Crippen molar-refractivity contribution < 1.29 is 0 Å². The summed E-state index contributed by atoms with van der Waals surface area (Å²) in [6.07, 6.45) is 19.4. The van der Waals surface area contributed by atoms with Crippen LogP contribution in [0.3, 0.4) is 0 Å². The maximum Gasteiger partial charge on any atom is 0.143 e. The van der Waals surface area contributed by atoms with Crippen LogP contribution in [0.15, 0.2) is 73.8 Å². The summed E-state index contributed by atoms with van der Waals surface area (Å²) < 4.78 is 7.86. The van der Waals surface area contributed by atoms with Gasteiger partial charge in [-0.1, -0.05) is 0 Å². The Morgan fingerprint density at radius 1 is 0.500 bits per heavy atom. The molecule has 8 heteroatoms. The SMILES string of the molecule is c1cnn(C(CCCCC(n2cccn2)n2cccn2)n2cccn2)c1. The summed E-state index contributed by atoms with van der Waals surface area (Å²) in [6, 6.07) is 7.79. The molecule has 0 aliphatic carbocycles. The second-order valence-corrected chi connectivity index (χ2v) is 6.19. The first kappa shape index (κ1) is 16.3. The number of nitrogens with zero attached hydrogens (tertiary/aromatic N) is 8. The third-order valence-corrected chi connectivity index (χ3v) is 4.50. The zero-order valence-electron chi connectivity index (χ0n) is 14.5. The Bertz CT molecular complexity index is 704. The van der Waals surface area contributed by atoms with Crippen LogP contribution in [-0.4, -0.2) is 39.1 Å². The van der Waals surface area contributed by atoms with Gasteiger partial charge in [0.25, 0.3) is 0 Å². The quantitative estimate of drug-likeness (QED) is 0.435. The Balaban J connectivity index is 1.38. The first-order valence-electron chi connectivity index (χ1n) is 8.88. The van der Waals surface area contributed by atoms with Gasteiger partial charge < -0.3 is 0 Å². The lowest BCUT2D eigenvalue weighted by molar-refractivity contribution is 0.299. The van der Waals surface area contributed by atoms with Crippen LogP contribution in [0.25, 0.3) is 0 Å². The molecule has 26 heavy (non-hydrogen) atoms. The first-order valence-corrected chi connectivity index (χ1v) is 8.88. The molecule has 134 valence electrons. The van der Waals surface area contributed by atoms with E-state index >= 15 is 0 Å². The van der Waals surface area contributed by atoms with Crippen LogP contribution >= 0.6 is 0 Å². The lowest BCUT2D eigenvalue weighted by Gasteiger charge is -2.20. The van der Waals surface area contributed by atoms with Gasteiger partial charge in [-0.3, -0.25) is 0 Å². The highest BCUT2D eigenvalue weighted by atomic mass is 15.4. The summed E-state index contributed by atoms with van der Waals surface area (Å²) in [6.45, 7) is 0. The van der Waals surface area contributed by atoms with Crippen molar-refractivity contribution in [2.45, 2.75) is 38.0 Å². The van der Waals surface area contributed by atoms with Gasteiger partial charge in [0.15, 0.2) is 0 Å². The molecule has 0 saturated carbocycles. The van der Waals surface area contributed by atoms with Crippen LogP contribution in [0.5, 0.6) is 0 Å². The van der Waals surface area contributed by atoms with Gasteiger partial charge in [0.2, 0.25) is 0 Å². The summed E-state index contributed by atoms with van der Waals surface area (Å²) in [5, 5.41) is 17.6. The summed E-state index contributed by atoms with van der Waals surface area (Å²) in [4.78, 5) is 0. The van der Waals surface area contributed by atoms with Gasteiger partial charge in [-0.05, 0) is 49.9 Å². The van der Waals surface area contributed by atoms with Crippen molar-refractivity contribution in [2.75, 3.05) is 0 Å². The molecule has 0 atom stereocenters. The van der Waals surface area contributed by atoms with Gasteiger partial charge in [0.1, 0.15) is 12.3 Å². The number of hydrogen-bond donors (Lipinski definition) is 0. The summed E-state index contributed by atoms with van der Waals surface area (Å²) in [5.41, 5.74) is 0. The van der Waals surface area contributed by atoms with E-state index in [2.05, 4.69) is 20.4 Å². The Morgan fingerprint density at radius 2 is 0.808 bits per heavy atom. The Labute approximate surface area is 151 Å². The topological polar surface area (TPSA) is 71.3 Å². The molecule has 0 aromatic carbocycles. The lowest BCUT2D eigenvalue weighted by Crippen LogP contribution is -2.21. The van der Waals surface area contributed by atoms with Crippen LogP contribution in [0, 0.1) is 0 Å². The van der Waals surface area contributed by atoms with E-state index in [-0.39, 0.29) is 12.3 Å². The predicted molar refractivity (Wildman–Crippen MR) is 96.2 cm³/mol. The van der Waals surface area contributed by atoms with Gasteiger partial charge in [-0.25, -0.2) is 18.7 Å². The molecule has 8 nitrogen and oxygen atoms in total. The molecule has 4 aromatic rings. The van der Waals surface area contributed by atoms with E-state index in [1.54, 1.807) is 0 Å². The van der Waals surface area contributed by atoms with E-state index in [0.717, 1.165) is 25.7 Å². The molecule has 0 fully saturated rings. The summed E-state index contributed by atoms with van der Waals surface area (Å²) >= 11 is 0. The second-order valence-electron chi connectivity index (χ2n) is 6.19. The molecule has 0 N–H and O–H groups in total. The monoisotopic (exact) mass is 350 g/mol. The molecule has 0 amide bonds. The van der Waals surface area contributed by atoms with Crippen molar-refractivity contribution >= 4 is 0 Å². The van der Waals surface area contributed by atoms with Gasteiger partial charge in [0, 0.05) is 49.6 Å². The van der Waals surface area contributed by atoms with E-state index in [1.807, 2.05) is 92.6 Å². The van der Waals surface area contributed by atoms with Crippen LogP contribution < -0.4 is 0 Å². The molecule has 0 spiro atoms. The van der Waals surface area contributed by atoms with Crippen molar-refractivity contribution in [1.82, 2.24) is 39.1 Å². The van der Waals surface area contributed by atoms with Crippen molar-refractivity contribution in [1.29, 1.82) is 0 Å². The maximum atomic E-state index is 4.40. The largest absolute Gasteiger partial charge is 0.248 e. The fourth-order valence-corrected chi connectivity index (χ4v) is 3.25. The average molecular weight is 350 g/mol. The van der Waals surface area contributed by atoms with Crippen molar-refractivity contribution in [2.24, 2.45) is 0 Å². The molecule has 0 aliphatic rings. The second kappa shape index (κ2) is 7.81. The molecule has 0 radical (unpaired) electrons. The summed E-state index contributed by atoms with van der Waals surface area (Å²) in [5.74, 6) is 0. The Hall–Kier alpha value is -3.16. The highest BCUT2D eigenvalue weighted by molar-refractivity contribution is 4.88. The molecule has 4 heterocycles. The third-order valence-electron chi connectivity index (χ3n) is 4.50. The van der Waals surface area contributed by atoms with Crippen molar-refractivity contribution in [3.63, 3.8) is 0 Å². The van der Waals surface area contributed by atoms with Crippen LogP contribution in [-0.2, 0) is 0 Å². The minimum atomic E-state index is 0.104. The van der Waals surface area contributed by atoms with Gasteiger partial charge in [-0.2, -0.15) is 20.4 Å². The molecule has 4 rings (SSSR count). The lowest BCUT2D eigenvalue weighted by atomic mass is 10.1. The third kappa shape index (κ3) is 3.58. The standard InChI is InChI=1S/C18H22N8/c1(7-17(23-13-3-9-19-23)24-14-4-10-20-24)2-8-18(25-15-5-11-21-25)26-16-6-12-22-26/h3-6,9-18H,1-2,7-8H2. The predicted octanol–water partition coefficient (Wildman–Crippen LogP) is 2.83. The van der Waals surface area contributed by atoms with Gasteiger partial charge >= 0.3 is 0 Å². The fourth-order valence-electron chi connectivity index (χ4n) is 3.25. The summed E-state index contributed by atoms with van der Waals surface area (Å²) in [7, 11) is 0. The zero-order valence-corrected chi connectivity index (χ0v) is 14.5. The maximum absolute atomic E-state index is 4.40. The van der Waals surface area contributed by atoms with Crippen LogP contribution in [0.1, 0.15) is 38.0 Å². The smallest absolute Gasteiger partial charge is 0.143 e. The molecule has 0 bridgehead atoms. The van der Waals surface area contributed by atoms with E-state index in [0.29, 0.717) is 0 Å². The molecule has 0 unspecified atom stereocenters. The molecular weight excluding hydrogens is 328 g/mol. The number of aromatic nitrogens is 8. The minimum Gasteiger partial charge on any atom is -0.248 e. The van der Waals surface area contributed by atoms with Gasteiger partial charge in [-0.15, -0.1) is 0 Å². The molecular formula is C18H22N8. The number of rotatable bonds is 9. The van der Waals surface area contributed by atoms with E-state index < -0.39 is 0 Å². The van der Waals surface area contributed by atoms with Crippen LogP contribution in [0.4, 0.5) is 0 Å². The molecule has 0 saturated heterocycles. The van der Waals surface area contributed by atoms with Crippen molar-refractivity contribution in [3.05, 3.63) is 73.8 Å². The van der Waals surface area contributed by atoms with Gasteiger partial charge in [0.05, 0.1) is 0 Å². The normalized spacial score (nSPS) is 11.6. The highest BCUT2D eigenvalue weighted by Gasteiger charge is 2.16. The van der Waals surface area contributed by atoms with E-state index in [1.165, 1.54) is 0 Å². The fraction of sp³-hybridized carbons (Fsp3) is 0.333. The number of hydrogen-bond acceptors (Lipinski definition) is 4. The minimum absolute atomic E-state index is 0.104. The highest BCUT2D eigenvalue weighted by Crippen LogP contribution is 2.21. The first-order chi connectivity index (χ1) is 12.9. The zero-order chi connectivity index (χ0) is 17.6. The number of unbranched alkanes of at least 4 members (excludes halogenated alkanes) is 1. The van der Waals surface area contributed by atoms with E-state index in [4.69, 9.17) is 0 Å².